The van der Waals surface area contributed by atoms with Gasteiger partial charge in [0, 0.05) is 6.07 Å². The maximum atomic E-state index is 8.49. The molecule has 0 spiro atoms. The number of rotatable bonds is 7. The van der Waals surface area contributed by atoms with Crippen LogP contribution in [-0.4, -0.2) is 6.61 Å². The predicted molar refractivity (Wildman–Crippen MR) is 120 cm³/mol. The normalized spacial score (nSPS) is 10.9. The van der Waals surface area contributed by atoms with Gasteiger partial charge in [0.2, 0.25) is 0 Å². The van der Waals surface area contributed by atoms with E-state index in [0.29, 0.717) is 0 Å². The Kier molecular flexibility index (Phi) is 9.16. The van der Waals surface area contributed by atoms with Crippen LogP contribution in [0.3, 0.4) is 0 Å². The molecular weight excluding hydrogens is 456 g/mol. The Morgan fingerprint density at radius 3 is 1.79 bits per heavy atom. The second-order valence-electron chi connectivity index (χ2n) is 7.38. The highest BCUT2D eigenvalue weighted by Gasteiger charge is 2.23. The Morgan fingerprint density at radius 1 is 0.676 bits per heavy atom. The van der Waals surface area contributed by atoms with Crippen LogP contribution in [0.2, 0.25) is 0 Å². The average Bonchev–Trinajstić information content (AvgIpc) is 2.84. The molecule has 0 aliphatic heterocycles. The van der Waals surface area contributed by atoms with Crippen molar-refractivity contribution in [3.8, 4) is 39.5 Å². The Morgan fingerprint density at radius 2 is 1.24 bits per heavy atom. The predicted octanol–water partition coefficient (Wildman–Crippen LogP) is 2.98. The molecule has 3 aromatic carbocycles. The molecule has 0 saturated carbocycles. The highest BCUT2D eigenvalue weighted by atomic mass is 35.7. The van der Waals surface area contributed by atoms with Gasteiger partial charge in [-0.25, -0.2) is 23.1 Å². The molecule has 7 heteroatoms. The van der Waals surface area contributed by atoms with Crippen molar-refractivity contribution >= 4 is 0 Å². The van der Waals surface area contributed by atoms with Crippen molar-refractivity contribution in [1.82, 2.24) is 0 Å². The minimum Gasteiger partial charge on any atom is -0.494 e. The largest absolute Gasteiger partial charge is 0.494 e. The minimum atomic E-state index is -4.94. The summed E-state index contributed by atoms with van der Waals surface area (Å²) in [5.41, 5.74) is 4.30. The first-order chi connectivity index (χ1) is 16.3. The van der Waals surface area contributed by atoms with Crippen molar-refractivity contribution in [2.75, 3.05) is 6.61 Å². The van der Waals surface area contributed by atoms with Crippen molar-refractivity contribution in [2.24, 2.45) is 0 Å². The molecule has 6 nitrogen and oxygen atoms in total. The first-order valence-corrected chi connectivity index (χ1v) is 12.0. The van der Waals surface area contributed by atoms with Crippen molar-refractivity contribution in [3.05, 3.63) is 97.1 Å². The van der Waals surface area contributed by atoms with Crippen LogP contribution in [0, 0.1) is 10.2 Å². The SMILES string of the molecule is CCCCOc1ccc(-c2ccc(-c3ccccc3)[o+]c2-c2ccccc2)cc1.[O-][Cl+3]([O-])([O-])[O-]. The summed E-state index contributed by atoms with van der Waals surface area (Å²) in [6, 6.07) is 32.9. The molecule has 0 radical (unpaired) electrons. The van der Waals surface area contributed by atoms with Gasteiger partial charge in [-0.1, -0.05) is 61.9 Å². The van der Waals surface area contributed by atoms with E-state index in [0.717, 1.165) is 59.0 Å². The summed E-state index contributed by atoms with van der Waals surface area (Å²) in [4.78, 5) is 0. The van der Waals surface area contributed by atoms with Crippen LogP contribution in [-0.2, 0) is 0 Å². The lowest BCUT2D eigenvalue weighted by Gasteiger charge is -2.17. The maximum absolute atomic E-state index is 8.49. The third kappa shape index (κ3) is 7.95. The molecule has 0 bridgehead atoms. The summed E-state index contributed by atoms with van der Waals surface area (Å²) in [7, 11) is -4.94. The van der Waals surface area contributed by atoms with E-state index in [2.05, 4.69) is 49.4 Å². The summed E-state index contributed by atoms with van der Waals surface area (Å²) in [5.74, 6) is 2.63. The van der Waals surface area contributed by atoms with Gasteiger partial charge in [0.25, 0.3) is 0 Å². The third-order valence-electron chi connectivity index (χ3n) is 4.88. The summed E-state index contributed by atoms with van der Waals surface area (Å²) >= 11 is 0. The monoisotopic (exact) mass is 480 g/mol. The highest BCUT2D eigenvalue weighted by Crippen LogP contribution is 2.36. The molecule has 34 heavy (non-hydrogen) atoms. The van der Waals surface area contributed by atoms with Crippen molar-refractivity contribution < 1.29 is 38.0 Å². The fourth-order valence-corrected chi connectivity index (χ4v) is 3.29. The van der Waals surface area contributed by atoms with Gasteiger partial charge in [-0.2, -0.15) is 0 Å². The molecule has 1 aromatic heterocycles. The van der Waals surface area contributed by atoms with Crippen LogP contribution in [0.25, 0.3) is 33.8 Å². The zero-order valence-electron chi connectivity index (χ0n) is 18.7. The van der Waals surface area contributed by atoms with Crippen LogP contribution < -0.4 is 23.4 Å². The smallest absolute Gasteiger partial charge is 0.368 e. The van der Waals surface area contributed by atoms with Gasteiger partial charge in [0.15, 0.2) is 0 Å². The van der Waals surface area contributed by atoms with E-state index in [1.165, 1.54) is 0 Å². The lowest BCUT2D eigenvalue weighted by Crippen LogP contribution is -2.68. The standard InChI is InChI=1S/C27H25O2.ClHO4/c1-2-3-20-28-24-16-14-21(15-17-24)25-18-19-26(22-10-6-4-7-11-22)29-27(25)23-12-8-5-9-13-23;2-1(3,4)5/h4-19H,2-3,20H2,1H3;(H,2,3,4,5)/q+1;/p-1. The number of hydrogen-bond acceptors (Lipinski definition) is 5. The molecule has 0 aliphatic carbocycles. The average molecular weight is 481 g/mol. The van der Waals surface area contributed by atoms with Crippen molar-refractivity contribution in [3.63, 3.8) is 0 Å². The molecule has 0 fully saturated rings. The molecule has 1 heterocycles. The lowest BCUT2D eigenvalue weighted by atomic mass is 9.99. The molecular formula is C27H25ClO6. The van der Waals surface area contributed by atoms with Gasteiger partial charge >= 0.3 is 11.5 Å². The number of unbranched alkanes of at least 4 members (excludes halogenated alkanes) is 1. The van der Waals surface area contributed by atoms with Gasteiger partial charge in [-0.05, 0) is 54.4 Å². The maximum Gasteiger partial charge on any atom is 0.368 e. The highest BCUT2D eigenvalue weighted by molar-refractivity contribution is 5.81. The zero-order valence-corrected chi connectivity index (χ0v) is 19.4. The van der Waals surface area contributed by atoms with Crippen LogP contribution in [0.1, 0.15) is 19.8 Å². The molecule has 0 amide bonds. The first kappa shape index (κ1) is 25.4. The Labute approximate surface area is 201 Å². The van der Waals surface area contributed by atoms with Gasteiger partial charge in [-0.15, -0.1) is 10.2 Å². The Hall–Kier alpha value is -3.26. The van der Waals surface area contributed by atoms with Crippen LogP contribution in [0.15, 0.2) is 101 Å². The van der Waals surface area contributed by atoms with Crippen LogP contribution in [0.5, 0.6) is 5.75 Å². The number of halogens is 1. The van der Waals surface area contributed by atoms with E-state index >= 15 is 0 Å². The fraction of sp³-hybridized carbons (Fsp3) is 0.148. The topological polar surface area (TPSA) is 113 Å². The van der Waals surface area contributed by atoms with Crippen molar-refractivity contribution in [1.29, 1.82) is 0 Å². The Bertz CT molecular complexity index is 1140. The van der Waals surface area contributed by atoms with Crippen LogP contribution >= 0.6 is 0 Å². The first-order valence-electron chi connectivity index (χ1n) is 10.8. The number of hydrogen-bond donors (Lipinski definition) is 0. The third-order valence-corrected chi connectivity index (χ3v) is 4.88. The van der Waals surface area contributed by atoms with E-state index < -0.39 is 10.2 Å². The van der Waals surface area contributed by atoms with Gasteiger partial charge in [-0.3, -0.25) is 0 Å². The quantitative estimate of drug-likeness (QED) is 0.297. The molecule has 176 valence electrons. The fourth-order valence-electron chi connectivity index (χ4n) is 3.29. The van der Waals surface area contributed by atoms with E-state index in [9.17, 15) is 0 Å². The van der Waals surface area contributed by atoms with E-state index in [1.54, 1.807) is 0 Å². The molecule has 4 rings (SSSR count). The molecule has 0 saturated heterocycles. The molecule has 0 N–H and O–H groups in total. The van der Waals surface area contributed by atoms with Crippen molar-refractivity contribution in [2.45, 2.75) is 19.8 Å². The molecule has 0 unspecified atom stereocenters. The summed E-state index contributed by atoms with van der Waals surface area (Å²) in [6.45, 7) is 2.92. The van der Waals surface area contributed by atoms with E-state index in [1.807, 2.05) is 54.6 Å². The second-order valence-corrected chi connectivity index (χ2v) is 8.13. The summed E-state index contributed by atoms with van der Waals surface area (Å²) in [5, 5.41) is 0. The van der Waals surface area contributed by atoms with Gasteiger partial charge in [0.1, 0.15) is 5.75 Å². The minimum absolute atomic E-state index is 0.756. The van der Waals surface area contributed by atoms with Crippen LogP contribution in [0.4, 0.5) is 0 Å². The molecule has 4 aromatic rings. The molecule has 0 aliphatic rings. The summed E-state index contributed by atoms with van der Waals surface area (Å²) in [6.07, 6.45) is 2.20. The summed E-state index contributed by atoms with van der Waals surface area (Å²) < 4.78 is 46.2. The van der Waals surface area contributed by atoms with Gasteiger partial charge < -0.3 is 4.74 Å². The zero-order chi connectivity index (χ0) is 24.4. The Balaban J connectivity index is 0.000000588. The lowest BCUT2D eigenvalue weighted by molar-refractivity contribution is -2.00. The van der Waals surface area contributed by atoms with E-state index in [4.69, 9.17) is 27.8 Å². The number of ether oxygens (including phenoxy) is 1. The number of benzene rings is 3. The second kappa shape index (κ2) is 12.3. The van der Waals surface area contributed by atoms with E-state index in [-0.39, 0.29) is 0 Å². The van der Waals surface area contributed by atoms with Gasteiger partial charge in [0.05, 0.1) is 23.3 Å². The molecule has 0 atom stereocenters.